The third-order valence-electron chi connectivity index (χ3n) is 3.21. The van der Waals surface area contributed by atoms with Crippen molar-refractivity contribution in [2.24, 2.45) is 0 Å². The maximum atomic E-state index is 4.31. The van der Waals surface area contributed by atoms with Gasteiger partial charge in [0.1, 0.15) is 0 Å². The molecule has 0 spiro atoms. The molecule has 0 N–H and O–H groups in total. The number of unbranched alkanes of at least 4 members (excludes halogenated alkanes) is 5. The highest BCUT2D eigenvalue weighted by Gasteiger charge is 1.99. The average Bonchev–Trinajstić information content (AvgIpc) is 2.81. The molecule has 2 aromatic rings. The quantitative estimate of drug-likeness (QED) is 0.613. The van der Waals surface area contributed by atoms with Gasteiger partial charge in [0.2, 0.25) is 0 Å². The summed E-state index contributed by atoms with van der Waals surface area (Å²) in [6.07, 6.45) is 9.46. The second kappa shape index (κ2) is 6.75. The summed E-state index contributed by atoms with van der Waals surface area (Å²) in [7, 11) is 0. The van der Waals surface area contributed by atoms with Crippen molar-refractivity contribution >= 4 is 21.6 Å². The van der Waals surface area contributed by atoms with Crippen molar-refractivity contribution < 1.29 is 0 Å². The first-order valence-electron chi connectivity index (χ1n) is 6.72. The largest absolute Gasteiger partial charge is 0.245 e. The van der Waals surface area contributed by atoms with Gasteiger partial charge >= 0.3 is 0 Å². The van der Waals surface area contributed by atoms with Crippen molar-refractivity contribution in [3.05, 3.63) is 29.3 Å². The third-order valence-corrected chi connectivity index (χ3v) is 4.01. The van der Waals surface area contributed by atoms with Crippen LogP contribution in [0.1, 0.15) is 51.0 Å². The zero-order valence-corrected chi connectivity index (χ0v) is 11.4. The first-order valence-corrected chi connectivity index (χ1v) is 7.60. The Hall–Kier alpha value is -0.890. The van der Waals surface area contributed by atoms with Gasteiger partial charge in [-0.1, -0.05) is 45.1 Å². The van der Waals surface area contributed by atoms with Gasteiger partial charge in [-0.2, -0.15) is 0 Å². The molecule has 0 unspecified atom stereocenters. The minimum Gasteiger partial charge on any atom is -0.245 e. The van der Waals surface area contributed by atoms with Crippen LogP contribution in [-0.4, -0.2) is 4.98 Å². The molecule has 0 bridgehead atoms. The molecular weight excluding hydrogens is 226 g/mol. The summed E-state index contributed by atoms with van der Waals surface area (Å²) in [5.74, 6) is 0. The first kappa shape index (κ1) is 12.6. The van der Waals surface area contributed by atoms with Crippen molar-refractivity contribution in [2.45, 2.75) is 51.9 Å². The Morgan fingerprint density at radius 2 is 1.88 bits per heavy atom. The summed E-state index contributed by atoms with van der Waals surface area (Å²) < 4.78 is 1.33. The molecule has 0 saturated heterocycles. The van der Waals surface area contributed by atoms with Gasteiger partial charge in [-0.15, -0.1) is 11.3 Å². The molecular formula is C15H21NS. The Morgan fingerprint density at radius 1 is 1.06 bits per heavy atom. The maximum absolute atomic E-state index is 4.31. The summed E-state index contributed by atoms with van der Waals surface area (Å²) in [4.78, 5) is 4.31. The monoisotopic (exact) mass is 247 g/mol. The zero-order valence-electron chi connectivity index (χ0n) is 10.6. The van der Waals surface area contributed by atoms with Crippen molar-refractivity contribution in [3.8, 4) is 0 Å². The molecule has 2 heteroatoms. The van der Waals surface area contributed by atoms with E-state index in [1.807, 2.05) is 5.51 Å². The molecule has 17 heavy (non-hydrogen) atoms. The van der Waals surface area contributed by atoms with Gasteiger partial charge in [0.15, 0.2) is 0 Å². The number of rotatable bonds is 7. The highest BCUT2D eigenvalue weighted by molar-refractivity contribution is 7.16. The minimum atomic E-state index is 1.14. The molecule has 0 radical (unpaired) electrons. The fourth-order valence-corrected chi connectivity index (χ4v) is 2.91. The summed E-state index contributed by atoms with van der Waals surface area (Å²) in [6, 6.07) is 6.69. The Bertz CT molecular complexity index is 447. The second-order valence-corrected chi connectivity index (χ2v) is 5.56. The lowest BCUT2D eigenvalue weighted by Crippen LogP contribution is -1.86. The van der Waals surface area contributed by atoms with E-state index in [2.05, 4.69) is 30.1 Å². The standard InChI is InChI=1S/C15H21NS/c1-2-3-4-5-6-7-8-13-9-10-14-15(11-13)17-12-16-14/h9-12H,2-8H2,1H3. The second-order valence-electron chi connectivity index (χ2n) is 4.67. The number of hydrogen-bond donors (Lipinski definition) is 0. The predicted octanol–water partition coefficient (Wildman–Crippen LogP) is 5.20. The molecule has 0 fully saturated rings. The van der Waals surface area contributed by atoms with E-state index in [0.29, 0.717) is 0 Å². The van der Waals surface area contributed by atoms with E-state index in [0.717, 1.165) is 5.52 Å². The molecule has 92 valence electrons. The lowest BCUT2D eigenvalue weighted by atomic mass is 10.0. The zero-order chi connectivity index (χ0) is 11.9. The molecule has 0 aliphatic rings. The van der Waals surface area contributed by atoms with Crippen LogP contribution in [0.15, 0.2) is 23.7 Å². The molecule has 1 nitrogen and oxygen atoms in total. The topological polar surface area (TPSA) is 12.9 Å². The number of nitrogens with zero attached hydrogens (tertiary/aromatic N) is 1. The van der Waals surface area contributed by atoms with Crippen LogP contribution in [-0.2, 0) is 6.42 Å². The van der Waals surface area contributed by atoms with Crippen LogP contribution in [0.25, 0.3) is 10.2 Å². The predicted molar refractivity (Wildman–Crippen MR) is 76.7 cm³/mol. The van der Waals surface area contributed by atoms with Gasteiger partial charge < -0.3 is 0 Å². The summed E-state index contributed by atoms with van der Waals surface area (Å²) in [5, 5.41) is 0. The maximum Gasteiger partial charge on any atom is 0.0812 e. The van der Waals surface area contributed by atoms with Crippen LogP contribution in [0.4, 0.5) is 0 Å². The van der Waals surface area contributed by atoms with Crippen molar-refractivity contribution in [1.82, 2.24) is 4.98 Å². The van der Waals surface area contributed by atoms with Crippen LogP contribution in [0.5, 0.6) is 0 Å². The van der Waals surface area contributed by atoms with E-state index in [4.69, 9.17) is 0 Å². The van der Waals surface area contributed by atoms with Crippen LogP contribution < -0.4 is 0 Å². The minimum absolute atomic E-state index is 1.14. The van der Waals surface area contributed by atoms with E-state index in [1.54, 1.807) is 11.3 Å². The number of benzene rings is 1. The van der Waals surface area contributed by atoms with E-state index in [1.165, 1.54) is 55.2 Å². The summed E-state index contributed by atoms with van der Waals surface area (Å²) in [5.41, 5.74) is 4.54. The van der Waals surface area contributed by atoms with Gasteiger partial charge in [-0.25, -0.2) is 4.98 Å². The Balaban J connectivity index is 1.75. The van der Waals surface area contributed by atoms with Gasteiger partial charge in [0, 0.05) is 0 Å². The van der Waals surface area contributed by atoms with E-state index < -0.39 is 0 Å². The molecule has 1 heterocycles. The fraction of sp³-hybridized carbons (Fsp3) is 0.533. The number of aryl methyl sites for hydroxylation is 1. The normalized spacial score (nSPS) is 11.1. The van der Waals surface area contributed by atoms with Gasteiger partial charge in [0.25, 0.3) is 0 Å². The molecule has 1 aromatic heterocycles. The lowest BCUT2D eigenvalue weighted by Gasteiger charge is -2.02. The Labute approximate surface area is 108 Å². The van der Waals surface area contributed by atoms with E-state index in [9.17, 15) is 0 Å². The summed E-state index contributed by atoms with van der Waals surface area (Å²) >= 11 is 1.74. The molecule has 0 aliphatic carbocycles. The highest BCUT2D eigenvalue weighted by Crippen LogP contribution is 2.20. The highest BCUT2D eigenvalue weighted by atomic mass is 32.1. The number of aromatic nitrogens is 1. The van der Waals surface area contributed by atoms with E-state index >= 15 is 0 Å². The van der Waals surface area contributed by atoms with Gasteiger partial charge in [-0.05, 0) is 30.5 Å². The number of fused-ring (bicyclic) bond motifs is 1. The van der Waals surface area contributed by atoms with Crippen LogP contribution in [0.2, 0.25) is 0 Å². The SMILES string of the molecule is CCCCCCCCc1ccc2ncsc2c1. The molecule has 1 aromatic carbocycles. The smallest absolute Gasteiger partial charge is 0.0812 e. The fourth-order valence-electron chi connectivity index (χ4n) is 2.16. The number of thiazole rings is 1. The lowest BCUT2D eigenvalue weighted by molar-refractivity contribution is 0.607. The molecule has 0 aliphatic heterocycles. The van der Waals surface area contributed by atoms with Gasteiger partial charge in [-0.3, -0.25) is 0 Å². The molecule has 0 atom stereocenters. The number of hydrogen-bond acceptors (Lipinski definition) is 2. The molecule has 0 amide bonds. The van der Waals surface area contributed by atoms with Crippen molar-refractivity contribution in [3.63, 3.8) is 0 Å². The van der Waals surface area contributed by atoms with E-state index in [-0.39, 0.29) is 0 Å². The molecule has 2 rings (SSSR count). The van der Waals surface area contributed by atoms with Crippen LogP contribution in [0, 0.1) is 0 Å². The van der Waals surface area contributed by atoms with Gasteiger partial charge in [0.05, 0.1) is 15.7 Å². The van der Waals surface area contributed by atoms with Crippen molar-refractivity contribution in [1.29, 1.82) is 0 Å². The Morgan fingerprint density at radius 3 is 2.76 bits per heavy atom. The average molecular weight is 247 g/mol. The van der Waals surface area contributed by atoms with Crippen molar-refractivity contribution in [2.75, 3.05) is 0 Å². The van der Waals surface area contributed by atoms with Crippen LogP contribution >= 0.6 is 11.3 Å². The third kappa shape index (κ3) is 3.81. The Kier molecular flexibility index (Phi) is 4.99. The summed E-state index contributed by atoms with van der Waals surface area (Å²) in [6.45, 7) is 2.27. The van der Waals surface area contributed by atoms with Crippen LogP contribution in [0.3, 0.4) is 0 Å². The first-order chi connectivity index (χ1) is 8.40. The molecule has 0 saturated carbocycles.